The van der Waals surface area contributed by atoms with Crippen LogP contribution in [-0.2, 0) is 4.74 Å². The summed E-state index contributed by atoms with van der Waals surface area (Å²) in [5.41, 5.74) is 0. The SMILES string of the molecule is CCO/C=C/c1nccc(SC)n1. The van der Waals surface area contributed by atoms with Gasteiger partial charge in [-0.3, -0.25) is 0 Å². The van der Waals surface area contributed by atoms with E-state index in [1.807, 2.05) is 19.2 Å². The van der Waals surface area contributed by atoms with Gasteiger partial charge >= 0.3 is 0 Å². The Balaban J connectivity index is 2.66. The molecule has 0 amide bonds. The van der Waals surface area contributed by atoms with Gasteiger partial charge < -0.3 is 4.74 Å². The van der Waals surface area contributed by atoms with Crippen LogP contribution in [0.4, 0.5) is 0 Å². The summed E-state index contributed by atoms with van der Waals surface area (Å²) in [6, 6.07) is 1.88. The maximum Gasteiger partial charge on any atom is 0.156 e. The Kier molecular flexibility index (Phi) is 4.32. The summed E-state index contributed by atoms with van der Waals surface area (Å²) in [6.45, 7) is 2.60. The second-order valence-corrected chi connectivity index (χ2v) is 3.04. The van der Waals surface area contributed by atoms with Gasteiger partial charge in [0.1, 0.15) is 0 Å². The summed E-state index contributed by atoms with van der Waals surface area (Å²) in [5.74, 6) is 0.681. The highest BCUT2D eigenvalue weighted by molar-refractivity contribution is 7.98. The van der Waals surface area contributed by atoms with Crippen molar-refractivity contribution in [3.8, 4) is 0 Å². The van der Waals surface area contributed by atoms with Gasteiger partial charge in [0.2, 0.25) is 0 Å². The van der Waals surface area contributed by atoms with Crippen molar-refractivity contribution in [2.45, 2.75) is 11.9 Å². The molecule has 0 bridgehead atoms. The maximum absolute atomic E-state index is 5.04. The molecule has 1 aromatic heterocycles. The molecule has 0 aromatic carbocycles. The fourth-order valence-corrected chi connectivity index (χ4v) is 1.14. The first kappa shape index (κ1) is 10.1. The molecule has 4 heteroatoms. The van der Waals surface area contributed by atoms with Gasteiger partial charge in [-0.1, -0.05) is 0 Å². The molecule has 70 valence electrons. The Morgan fingerprint density at radius 2 is 2.46 bits per heavy atom. The van der Waals surface area contributed by atoms with Gasteiger partial charge in [0.25, 0.3) is 0 Å². The van der Waals surface area contributed by atoms with E-state index in [2.05, 4.69) is 9.97 Å². The van der Waals surface area contributed by atoms with Crippen molar-refractivity contribution in [1.29, 1.82) is 0 Å². The summed E-state index contributed by atoms with van der Waals surface area (Å²) >= 11 is 1.60. The maximum atomic E-state index is 5.04. The molecule has 0 aliphatic rings. The van der Waals surface area contributed by atoms with Crippen molar-refractivity contribution in [3.05, 3.63) is 24.3 Å². The zero-order valence-corrected chi connectivity index (χ0v) is 8.54. The van der Waals surface area contributed by atoms with E-state index < -0.39 is 0 Å². The molecule has 1 heterocycles. The number of hydrogen-bond acceptors (Lipinski definition) is 4. The molecule has 1 aromatic rings. The monoisotopic (exact) mass is 196 g/mol. The third kappa shape index (κ3) is 3.46. The van der Waals surface area contributed by atoms with E-state index in [-0.39, 0.29) is 0 Å². The molecule has 0 saturated heterocycles. The van der Waals surface area contributed by atoms with E-state index in [4.69, 9.17) is 4.74 Å². The summed E-state index contributed by atoms with van der Waals surface area (Å²) in [4.78, 5) is 8.32. The van der Waals surface area contributed by atoms with E-state index >= 15 is 0 Å². The largest absolute Gasteiger partial charge is 0.501 e. The zero-order valence-electron chi connectivity index (χ0n) is 7.73. The predicted octanol–water partition coefficient (Wildman–Crippen LogP) is 2.21. The average molecular weight is 196 g/mol. The smallest absolute Gasteiger partial charge is 0.156 e. The third-order valence-electron chi connectivity index (χ3n) is 1.34. The number of ether oxygens (including phenoxy) is 1. The highest BCUT2D eigenvalue weighted by atomic mass is 32.2. The van der Waals surface area contributed by atoms with Crippen molar-refractivity contribution >= 4 is 17.8 Å². The van der Waals surface area contributed by atoms with Crippen molar-refractivity contribution < 1.29 is 4.74 Å². The molecule has 0 atom stereocenters. The minimum atomic E-state index is 0.665. The van der Waals surface area contributed by atoms with Crippen LogP contribution in [0.1, 0.15) is 12.7 Å². The third-order valence-corrected chi connectivity index (χ3v) is 1.98. The summed E-state index contributed by atoms with van der Waals surface area (Å²) in [5, 5.41) is 0.964. The Hall–Kier alpha value is -1.03. The first-order valence-electron chi connectivity index (χ1n) is 4.02. The molecular weight excluding hydrogens is 184 g/mol. The number of nitrogens with zero attached hydrogens (tertiary/aromatic N) is 2. The average Bonchev–Trinajstić information content (AvgIpc) is 2.19. The lowest BCUT2D eigenvalue weighted by Crippen LogP contribution is -1.88. The molecule has 0 saturated carbocycles. The molecule has 0 N–H and O–H groups in total. The molecule has 0 fully saturated rings. The molecule has 0 spiro atoms. The van der Waals surface area contributed by atoms with Crippen LogP contribution in [0.15, 0.2) is 23.6 Å². The lowest BCUT2D eigenvalue weighted by atomic mass is 10.5. The molecule has 0 unspecified atom stereocenters. The molecule has 13 heavy (non-hydrogen) atoms. The first-order chi connectivity index (χ1) is 6.36. The van der Waals surface area contributed by atoms with Crippen LogP contribution in [0.25, 0.3) is 6.08 Å². The second-order valence-electron chi connectivity index (χ2n) is 2.22. The van der Waals surface area contributed by atoms with Gasteiger partial charge in [-0.25, -0.2) is 9.97 Å². The van der Waals surface area contributed by atoms with Crippen LogP contribution in [0, 0.1) is 0 Å². The second kappa shape index (κ2) is 5.59. The van der Waals surface area contributed by atoms with E-state index in [9.17, 15) is 0 Å². The van der Waals surface area contributed by atoms with Crippen LogP contribution in [-0.4, -0.2) is 22.8 Å². The van der Waals surface area contributed by atoms with Gasteiger partial charge in [-0.15, -0.1) is 11.8 Å². The zero-order chi connectivity index (χ0) is 9.52. The highest BCUT2D eigenvalue weighted by Crippen LogP contribution is 2.09. The Morgan fingerprint density at radius 1 is 1.62 bits per heavy atom. The molecule has 0 radical (unpaired) electrons. The lowest BCUT2D eigenvalue weighted by molar-refractivity contribution is 0.272. The van der Waals surface area contributed by atoms with E-state index in [1.54, 1.807) is 30.3 Å². The minimum absolute atomic E-state index is 0.665. The van der Waals surface area contributed by atoms with Crippen molar-refractivity contribution in [2.24, 2.45) is 0 Å². The number of thioether (sulfide) groups is 1. The van der Waals surface area contributed by atoms with E-state index in [1.165, 1.54) is 0 Å². The van der Waals surface area contributed by atoms with Crippen LogP contribution in [0.2, 0.25) is 0 Å². The molecule has 3 nitrogen and oxygen atoms in total. The van der Waals surface area contributed by atoms with Gasteiger partial charge in [-0.05, 0) is 19.2 Å². The first-order valence-corrected chi connectivity index (χ1v) is 5.24. The summed E-state index contributed by atoms with van der Waals surface area (Å²) in [7, 11) is 0. The highest BCUT2D eigenvalue weighted by Gasteiger charge is 1.93. The minimum Gasteiger partial charge on any atom is -0.501 e. The van der Waals surface area contributed by atoms with Gasteiger partial charge in [0.05, 0.1) is 17.9 Å². The lowest BCUT2D eigenvalue weighted by Gasteiger charge is -1.96. The fraction of sp³-hybridized carbons (Fsp3) is 0.333. The van der Waals surface area contributed by atoms with Gasteiger partial charge in [-0.2, -0.15) is 0 Å². The van der Waals surface area contributed by atoms with Crippen molar-refractivity contribution in [1.82, 2.24) is 9.97 Å². The molecular formula is C9H12N2OS. The van der Waals surface area contributed by atoms with Gasteiger partial charge in [0, 0.05) is 12.3 Å². The van der Waals surface area contributed by atoms with E-state index in [0.717, 1.165) is 5.03 Å². The molecule has 1 rings (SSSR count). The van der Waals surface area contributed by atoms with Crippen LogP contribution in [0.5, 0.6) is 0 Å². The molecule has 0 aliphatic heterocycles. The van der Waals surface area contributed by atoms with Crippen molar-refractivity contribution in [2.75, 3.05) is 12.9 Å². The normalized spacial score (nSPS) is 10.6. The topological polar surface area (TPSA) is 35.0 Å². The number of rotatable bonds is 4. The van der Waals surface area contributed by atoms with Crippen LogP contribution < -0.4 is 0 Å². The quantitative estimate of drug-likeness (QED) is 0.420. The van der Waals surface area contributed by atoms with Crippen molar-refractivity contribution in [3.63, 3.8) is 0 Å². The Morgan fingerprint density at radius 3 is 3.15 bits per heavy atom. The number of aromatic nitrogens is 2. The fourth-order valence-electron chi connectivity index (χ4n) is 0.756. The van der Waals surface area contributed by atoms with E-state index in [0.29, 0.717) is 12.4 Å². The Labute approximate surface area is 82.2 Å². The van der Waals surface area contributed by atoms with Crippen LogP contribution in [0.3, 0.4) is 0 Å². The standard InChI is InChI=1S/C9H12N2OS/c1-3-12-7-5-8-10-6-4-9(11-8)13-2/h4-7H,3H2,1-2H3/b7-5+. The Bertz CT molecular complexity index is 289. The summed E-state index contributed by atoms with van der Waals surface area (Å²) < 4.78 is 5.04. The number of hydrogen-bond donors (Lipinski definition) is 0. The molecule has 0 aliphatic carbocycles. The van der Waals surface area contributed by atoms with Gasteiger partial charge in [0.15, 0.2) is 5.82 Å². The summed E-state index contributed by atoms with van der Waals surface area (Å²) in [6.07, 6.45) is 7.09. The van der Waals surface area contributed by atoms with Crippen LogP contribution >= 0.6 is 11.8 Å². The predicted molar refractivity (Wildman–Crippen MR) is 54.5 cm³/mol.